The van der Waals surface area contributed by atoms with Crippen LogP contribution in [0.3, 0.4) is 0 Å². The molecule has 3 rings (SSSR count). The molecule has 7 heteroatoms. The van der Waals surface area contributed by atoms with Gasteiger partial charge in [-0.2, -0.15) is 19.6 Å². The lowest BCUT2D eigenvalue weighted by Gasteiger charge is -2.11. The lowest BCUT2D eigenvalue weighted by molar-refractivity contribution is 0.947. The molecule has 0 saturated heterocycles. The van der Waals surface area contributed by atoms with Crippen LogP contribution in [0.2, 0.25) is 5.15 Å². The molecule has 19 heavy (non-hydrogen) atoms. The number of nitrogens with one attached hydrogen (secondary N) is 1. The molecule has 0 unspecified atom stereocenters. The molecule has 0 radical (unpaired) electrons. The van der Waals surface area contributed by atoms with Crippen LogP contribution in [0.1, 0.15) is 5.56 Å². The summed E-state index contributed by atoms with van der Waals surface area (Å²) in [7, 11) is 0. The standard InChI is InChI=1S/C12H9BrClN5/c1-7-8(13)3-2-4-9(7)17-11-5-10(14)18-12-15-6-16-19(11)12/h2-6,17H,1H3. The van der Waals surface area contributed by atoms with Gasteiger partial charge in [0, 0.05) is 16.2 Å². The fraction of sp³-hybridized carbons (Fsp3) is 0.0833. The highest BCUT2D eigenvalue weighted by Gasteiger charge is 2.08. The first kappa shape index (κ1) is 12.4. The molecule has 0 saturated carbocycles. The summed E-state index contributed by atoms with van der Waals surface area (Å²) in [6.45, 7) is 2.02. The van der Waals surface area contributed by atoms with Gasteiger partial charge in [0.15, 0.2) is 0 Å². The summed E-state index contributed by atoms with van der Waals surface area (Å²) in [5.74, 6) is 1.18. The topological polar surface area (TPSA) is 55.1 Å². The number of halogens is 2. The van der Waals surface area contributed by atoms with Crippen molar-refractivity contribution in [3.05, 3.63) is 45.8 Å². The van der Waals surface area contributed by atoms with Gasteiger partial charge < -0.3 is 5.32 Å². The van der Waals surface area contributed by atoms with E-state index >= 15 is 0 Å². The minimum atomic E-state index is 0.371. The maximum absolute atomic E-state index is 5.98. The summed E-state index contributed by atoms with van der Waals surface area (Å²) in [6, 6.07) is 7.65. The molecule has 0 bridgehead atoms. The molecular formula is C12H9BrClN5. The molecule has 3 aromatic rings. The van der Waals surface area contributed by atoms with Gasteiger partial charge in [-0.25, -0.2) is 0 Å². The number of hydrogen-bond donors (Lipinski definition) is 1. The fourth-order valence-corrected chi connectivity index (χ4v) is 2.30. The Morgan fingerprint density at radius 2 is 2.21 bits per heavy atom. The van der Waals surface area contributed by atoms with Gasteiger partial charge >= 0.3 is 0 Å². The van der Waals surface area contributed by atoms with Crippen LogP contribution in [0.15, 0.2) is 35.1 Å². The molecule has 96 valence electrons. The van der Waals surface area contributed by atoms with Crippen molar-refractivity contribution in [2.45, 2.75) is 6.92 Å². The molecule has 0 amide bonds. The van der Waals surface area contributed by atoms with Crippen molar-refractivity contribution in [1.82, 2.24) is 19.6 Å². The first-order valence-corrected chi connectivity index (χ1v) is 6.70. The fourth-order valence-electron chi connectivity index (χ4n) is 1.75. The van der Waals surface area contributed by atoms with E-state index in [-0.39, 0.29) is 0 Å². The van der Waals surface area contributed by atoms with Gasteiger partial charge in [0.25, 0.3) is 5.78 Å². The van der Waals surface area contributed by atoms with E-state index < -0.39 is 0 Å². The number of benzene rings is 1. The average Bonchev–Trinajstić information content (AvgIpc) is 2.83. The van der Waals surface area contributed by atoms with Crippen LogP contribution in [-0.2, 0) is 0 Å². The Balaban J connectivity index is 2.10. The third-order valence-electron chi connectivity index (χ3n) is 2.75. The lowest BCUT2D eigenvalue weighted by atomic mass is 10.2. The summed E-state index contributed by atoms with van der Waals surface area (Å²) in [5, 5.41) is 7.78. The molecule has 0 aliphatic heterocycles. The van der Waals surface area contributed by atoms with Crippen LogP contribution < -0.4 is 5.32 Å². The van der Waals surface area contributed by atoms with Gasteiger partial charge in [-0.1, -0.05) is 33.6 Å². The Hall–Kier alpha value is -1.66. The van der Waals surface area contributed by atoms with E-state index in [1.807, 2.05) is 25.1 Å². The molecule has 1 aromatic carbocycles. The predicted molar refractivity (Wildman–Crippen MR) is 78.0 cm³/mol. The van der Waals surface area contributed by atoms with Crippen LogP contribution >= 0.6 is 27.5 Å². The van der Waals surface area contributed by atoms with Gasteiger partial charge in [0.2, 0.25) is 0 Å². The van der Waals surface area contributed by atoms with Gasteiger partial charge in [-0.3, -0.25) is 0 Å². The Labute approximate surface area is 122 Å². The first-order chi connectivity index (χ1) is 9.15. The summed E-state index contributed by atoms with van der Waals surface area (Å²) in [6.07, 6.45) is 1.44. The number of aromatic nitrogens is 4. The Morgan fingerprint density at radius 3 is 3.05 bits per heavy atom. The minimum absolute atomic E-state index is 0.371. The van der Waals surface area contributed by atoms with Gasteiger partial charge in [0.1, 0.15) is 17.3 Å². The highest BCUT2D eigenvalue weighted by Crippen LogP contribution is 2.27. The monoisotopic (exact) mass is 337 g/mol. The van der Waals surface area contributed by atoms with E-state index in [2.05, 4.69) is 36.3 Å². The van der Waals surface area contributed by atoms with Crippen molar-refractivity contribution in [3.8, 4) is 0 Å². The Morgan fingerprint density at radius 1 is 1.37 bits per heavy atom. The second kappa shape index (κ2) is 4.79. The normalized spacial score (nSPS) is 10.9. The SMILES string of the molecule is Cc1c(Br)cccc1Nc1cc(Cl)nc2ncnn12. The number of rotatable bonds is 2. The molecule has 0 aliphatic carbocycles. The smallest absolute Gasteiger partial charge is 0.255 e. The van der Waals surface area contributed by atoms with Crippen LogP contribution in [0, 0.1) is 6.92 Å². The number of anilines is 2. The van der Waals surface area contributed by atoms with Crippen molar-refractivity contribution < 1.29 is 0 Å². The maximum Gasteiger partial charge on any atom is 0.255 e. The average molecular weight is 339 g/mol. The third-order valence-corrected chi connectivity index (χ3v) is 3.80. The predicted octanol–water partition coefficient (Wildman–Crippen LogP) is 3.59. The first-order valence-electron chi connectivity index (χ1n) is 5.53. The van der Waals surface area contributed by atoms with Crippen molar-refractivity contribution in [1.29, 1.82) is 0 Å². The van der Waals surface area contributed by atoms with Crippen LogP contribution in [-0.4, -0.2) is 19.6 Å². The summed E-state index contributed by atoms with van der Waals surface area (Å²) in [4.78, 5) is 8.11. The van der Waals surface area contributed by atoms with E-state index in [0.29, 0.717) is 16.7 Å². The molecular weight excluding hydrogens is 330 g/mol. The second-order valence-electron chi connectivity index (χ2n) is 3.97. The zero-order valence-electron chi connectivity index (χ0n) is 9.93. The lowest BCUT2D eigenvalue weighted by Crippen LogP contribution is -2.02. The van der Waals surface area contributed by atoms with Crippen LogP contribution in [0.4, 0.5) is 11.5 Å². The highest BCUT2D eigenvalue weighted by molar-refractivity contribution is 9.10. The van der Waals surface area contributed by atoms with E-state index in [0.717, 1.165) is 15.7 Å². The molecule has 0 atom stereocenters. The zero-order valence-corrected chi connectivity index (χ0v) is 12.3. The van der Waals surface area contributed by atoms with Crippen molar-refractivity contribution in [2.24, 2.45) is 0 Å². The minimum Gasteiger partial charge on any atom is -0.340 e. The van der Waals surface area contributed by atoms with Gasteiger partial charge in [-0.15, -0.1) is 0 Å². The van der Waals surface area contributed by atoms with E-state index in [1.165, 1.54) is 6.33 Å². The summed E-state index contributed by atoms with van der Waals surface area (Å²) >= 11 is 9.48. The van der Waals surface area contributed by atoms with Gasteiger partial charge in [-0.05, 0) is 24.6 Å². The molecule has 5 nitrogen and oxygen atoms in total. The Bertz CT molecular complexity index is 755. The number of fused-ring (bicyclic) bond motifs is 1. The molecule has 0 aliphatic rings. The van der Waals surface area contributed by atoms with Gasteiger partial charge in [0.05, 0.1) is 0 Å². The molecule has 1 N–H and O–H groups in total. The van der Waals surface area contributed by atoms with Crippen molar-refractivity contribution >= 4 is 44.8 Å². The van der Waals surface area contributed by atoms with E-state index in [4.69, 9.17) is 11.6 Å². The van der Waals surface area contributed by atoms with Crippen molar-refractivity contribution in [2.75, 3.05) is 5.32 Å². The molecule has 0 spiro atoms. The van der Waals surface area contributed by atoms with Crippen LogP contribution in [0.25, 0.3) is 5.78 Å². The third kappa shape index (κ3) is 2.29. The molecule has 2 aromatic heterocycles. The molecule has 2 heterocycles. The van der Waals surface area contributed by atoms with Crippen molar-refractivity contribution in [3.63, 3.8) is 0 Å². The summed E-state index contributed by atoms with van der Waals surface area (Å²) < 4.78 is 2.64. The maximum atomic E-state index is 5.98. The Kier molecular flexibility index (Phi) is 3.12. The quantitative estimate of drug-likeness (QED) is 0.726. The second-order valence-corrected chi connectivity index (χ2v) is 5.21. The van der Waals surface area contributed by atoms with E-state index in [1.54, 1.807) is 10.6 Å². The number of hydrogen-bond acceptors (Lipinski definition) is 4. The largest absolute Gasteiger partial charge is 0.340 e. The van der Waals surface area contributed by atoms with Crippen LogP contribution in [0.5, 0.6) is 0 Å². The molecule has 0 fully saturated rings. The summed E-state index contributed by atoms with van der Waals surface area (Å²) in [5.41, 5.74) is 2.07. The zero-order chi connectivity index (χ0) is 13.4. The number of nitrogens with zero attached hydrogens (tertiary/aromatic N) is 4. The van der Waals surface area contributed by atoms with E-state index in [9.17, 15) is 0 Å². The highest BCUT2D eigenvalue weighted by atomic mass is 79.9.